The summed E-state index contributed by atoms with van der Waals surface area (Å²) in [5.41, 5.74) is 3.78. The van der Waals surface area contributed by atoms with Crippen LogP contribution in [0.25, 0.3) is 21.7 Å². The van der Waals surface area contributed by atoms with Gasteiger partial charge in [-0.25, -0.2) is 9.59 Å². The van der Waals surface area contributed by atoms with Crippen LogP contribution < -0.4 is 5.32 Å². The number of aromatic carboxylic acids is 1. The highest BCUT2D eigenvalue weighted by Gasteiger charge is 2.20. The van der Waals surface area contributed by atoms with Gasteiger partial charge in [0.2, 0.25) is 0 Å². The number of aromatic nitrogens is 1. The number of halogens is 1. The molecule has 9 heteroatoms. The zero-order valence-electron chi connectivity index (χ0n) is 22.2. The van der Waals surface area contributed by atoms with E-state index in [4.69, 9.17) is 16.3 Å². The van der Waals surface area contributed by atoms with Crippen LogP contribution in [-0.4, -0.2) is 52.9 Å². The molecule has 1 aliphatic rings. The number of benzene rings is 4. The molecule has 7 nitrogen and oxygen atoms in total. The van der Waals surface area contributed by atoms with Gasteiger partial charge < -0.3 is 24.6 Å². The van der Waals surface area contributed by atoms with Crippen LogP contribution in [0, 0.1) is 0 Å². The average Bonchev–Trinajstić information content (AvgIpc) is 3.26. The topological polar surface area (TPSA) is 83.8 Å². The number of nitrogens with zero attached hydrogens (tertiary/aromatic N) is 2. The number of carboxylic acid groups (broad SMARTS) is 1. The largest absolute Gasteiger partial charge is 0.478 e. The molecule has 1 aliphatic heterocycles. The molecule has 0 saturated carbocycles. The molecule has 2 heterocycles. The van der Waals surface area contributed by atoms with E-state index in [9.17, 15) is 14.7 Å². The van der Waals surface area contributed by atoms with Crippen molar-refractivity contribution in [3.63, 3.8) is 0 Å². The van der Waals surface area contributed by atoms with E-state index in [-0.39, 0.29) is 11.6 Å². The van der Waals surface area contributed by atoms with Crippen molar-refractivity contribution in [2.24, 2.45) is 0 Å². The van der Waals surface area contributed by atoms with Gasteiger partial charge in [0.1, 0.15) is 0 Å². The minimum Gasteiger partial charge on any atom is -0.478 e. The number of morpholine rings is 1. The summed E-state index contributed by atoms with van der Waals surface area (Å²) in [5, 5.41) is 16.2. The number of nitrogens with one attached hydrogen (secondary N) is 1. The fourth-order valence-corrected chi connectivity index (χ4v) is 6.46. The van der Waals surface area contributed by atoms with Gasteiger partial charge in [-0.2, -0.15) is 0 Å². The Balaban J connectivity index is 1.33. The van der Waals surface area contributed by atoms with Gasteiger partial charge >= 0.3 is 12.0 Å². The first-order valence-electron chi connectivity index (χ1n) is 13.3. The summed E-state index contributed by atoms with van der Waals surface area (Å²) < 4.78 is 7.54. The highest BCUT2D eigenvalue weighted by molar-refractivity contribution is 7.98. The van der Waals surface area contributed by atoms with Crippen LogP contribution in [0.15, 0.2) is 89.8 Å². The van der Waals surface area contributed by atoms with Gasteiger partial charge in [0.15, 0.2) is 0 Å². The lowest BCUT2D eigenvalue weighted by Crippen LogP contribution is -2.43. The monoisotopic (exact) mass is 585 g/mol. The van der Waals surface area contributed by atoms with E-state index in [1.54, 1.807) is 28.8 Å². The van der Waals surface area contributed by atoms with E-state index >= 15 is 0 Å². The molecule has 6 rings (SSSR count). The van der Waals surface area contributed by atoms with Crippen LogP contribution in [0.3, 0.4) is 0 Å². The summed E-state index contributed by atoms with van der Waals surface area (Å²) in [6.45, 7) is 2.71. The molecule has 41 heavy (non-hydrogen) atoms. The Morgan fingerprint density at radius 2 is 1.68 bits per heavy atom. The quantitative estimate of drug-likeness (QED) is 0.195. The predicted octanol–water partition coefficient (Wildman–Crippen LogP) is 7.35. The Kier molecular flexibility index (Phi) is 7.87. The zero-order chi connectivity index (χ0) is 28.3. The van der Waals surface area contributed by atoms with Crippen LogP contribution >= 0.6 is 23.4 Å². The number of carboxylic acids is 1. The maximum Gasteiger partial charge on any atom is 0.335 e. The maximum atomic E-state index is 12.8. The molecule has 0 radical (unpaired) electrons. The lowest BCUT2D eigenvalue weighted by Gasteiger charge is -2.26. The molecule has 0 unspecified atom stereocenters. The Hall–Kier alpha value is -3.98. The van der Waals surface area contributed by atoms with E-state index in [2.05, 4.69) is 40.2 Å². The molecule has 0 aliphatic carbocycles. The van der Waals surface area contributed by atoms with E-state index in [1.165, 1.54) is 10.8 Å². The highest BCUT2D eigenvalue weighted by Crippen LogP contribution is 2.37. The zero-order valence-corrected chi connectivity index (χ0v) is 23.8. The van der Waals surface area contributed by atoms with Crippen molar-refractivity contribution in [3.8, 4) is 0 Å². The van der Waals surface area contributed by atoms with Gasteiger partial charge in [0, 0.05) is 47.1 Å². The maximum absolute atomic E-state index is 12.8. The van der Waals surface area contributed by atoms with Crippen molar-refractivity contribution in [1.29, 1.82) is 0 Å². The summed E-state index contributed by atoms with van der Waals surface area (Å²) in [6.07, 6.45) is 0. The Labute approximate surface area is 246 Å². The number of anilines is 1. The normalized spacial score (nSPS) is 13.5. The second kappa shape index (κ2) is 11.9. The van der Waals surface area contributed by atoms with Crippen LogP contribution in [-0.2, 0) is 17.0 Å². The van der Waals surface area contributed by atoms with Gasteiger partial charge in [-0.15, -0.1) is 11.8 Å². The minimum atomic E-state index is -0.954. The minimum absolute atomic E-state index is 0.159. The first kappa shape index (κ1) is 27.2. The number of amides is 2. The number of ether oxygens (including phenoxy) is 1. The van der Waals surface area contributed by atoms with Crippen molar-refractivity contribution in [1.82, 2.24) is 9.47 Å². The number of urea groups is 1. The standard InChI is InChI=1S/C32H28ClN3O4S/c33-30-27-18-25(34-32(39)35-13-15-40-16-14-35)10-12-28(27)36(19-21-5-7-23(8-6-21)31(37)38)29(30)20-41-26-11-9-22-3-1-2-4-24(22)17-26/h1-12,17-18H,13-16,19-20H2,(H,34,39)(H,37,38). The van der Waals surface area contributed by atoms with Crippen molar-refractivity contribution in [3.05, 3.63) is 107 Å². The summed E-state index contributed by atoms with van der Waals surface area (Å²) in [4.78, 5) is 27.0. The molecule has 2 N–H and O–H groups in total. The molecule has 1 saturated heterocycles. The molecule has 0 bridgehead atoms. The first-order valence-corrected chi connectivity index (χ1v) is 14.7. The predicted molar refractivity (Wildman–Crippen MR) is 164 cm³/mol. The number of hydrogen-bond acceptors (Lipinski definition) is 4. The van der Waals surface area contributed by atoms with Crippen LogP contribution in [0.4, 0.5) is 10.5 Å². The van der Waals surface area contributed by atoms with Gasteiger partial charge in [0.05, 0.1) is 29.3 Å². The van der Waals surface area contributed by atoms with Gasteiger partial charge in [-0.1, -0.05) is 54.1 Å². The summed E-state index contributed by atoms with van der Waals surface area (Å²) in [5.74, 6) is -0.320. The number of carbonyl (C=O) groups excluding carboxylic acids is 1. The highest BCUT2D eigenvalue weighted by atomic mass is 35.5. The van der Waals surface area contributed by atoms with Crippen LogP contribution in [0.5, 0.6) is 0 Å². The molecule has 4 aromatic carbocycles. The lowest BCUT2D eigenvalue weighted by atomic mass is 10.1. The smallest absolute Gasteiger partial charge is 0.335 e. The van der Waals surface area contributed by atoms with Crippen molar-refractivity contribution in [2.75, 3.05) is 31.6 Å². The van der Waals surface area contributed by atoms with Gasteiger partial charge in [-0.3, -0.25) is 0 Å². The number of hydrogen-bond donors (Lipinski definition) is 2. The van der Waals surface area contributed by atoms with Crippen LogP contribution in [0.1, 0.15) is 21.6 Å². The number of fused-ring (bicyclic) bond motifs is 2. The second-order valence-corrected chi connectivity index (χ2v) is 11.3. The average molecular weight is 586 g/mol. The molecule has 1 aromatic heterocycles. The van der Waals surface area contributed by atoms with E-state index in [1.807, 2.05) is 42.5 Å². The van der Waals surface area contributed by atoms with Crippen molar-refractivity contribution >= 4 is 62.7 Å². The molecule has 208 valence electrons. The molecule has 5 aromatic rings. The SMILES string of the molecule is O=C(O)c1ccc(Cn2c(CSc3ccc4ccccc4c3)c(Cl)c3cc(NC(=O)N4CCOCC4)ccc32)cc1. The van der Waals surface area contributed by atoms with E-state index in [0.29, 0.717) is 49.3 Å². The second-order valence-electron chi connectivity index (χ2n) is 9.91. The first-order chi connectivity index (χ1) is 20.0. The van der Waals surface area contributed by atoms with E-state index in [0.717, 1.165) is 27.1 Å². The Morgan fingerprint density at radius 1 is 0.927 bits per heavy atom. The fraction of sp³-hybridized carbons (Fsp3) is 0.188. The number of thioether (sulfide) groups is 1. The third kappa shape index (κ3) is 5.91. The molecule has 0 spiro atoms. The summed E-state index contributed by atoms with van der Waals surface area (Å²) in [7, 11) is 0. The van der Waals surface area contributed by atoms with Gasteiger partial charge in [0.25, 0.3) is 0 Å². The molecule has 0 atom stereocenters. The molecular formula is C32H28ClN3O4S. The number of carbonyl (C=O) groups is 2. The molecule has 1 fully saturated rings. The Bertz CT molecular complexity index is 1750. The fourth-order valence-electron chi connectivity index (χ4n) is 5.08. The third-order valence-corrected chi connectivity index (χ3v) is 8.72. The summed E-state index contributed by atoms with van der Waals surface area (Å²) >= 11 is 8.77. The lowest BCUT2D eigenvalue weighted by molar-refractivity contribution is 0.0564. The Morgan fingerprint density at radius 3 is 2.44 bits per heavy atom. The van der Waals surface area contributed by atoms with Gasteiger partial charge in [-0.05, 0) is 58.8 Å². The molecule has 2 amide bonds. The number of rotatable bonds is 7. The summed E-state index contributed by atoms with van der Waals surface area (Å²) in [6, 6.07) is 27.3. The molecular weight excluding hydrogens is 558 g/mol. The van der Waals surface area contributed by atoms with Crippen LogP contribution in [0.2, 0.25) is 5.02 Å². The third-order valence-electron chi connectivity index (χ3n) is 7.29. The van der Waals surface area contributed by atoms with E-state index < -0.39 is 5.97 Å². The van der Waals surface area contributed by atoms with Crippen molar-refractivity contribution in [2.45, 2.75) is 17.2 Å². The van der Waals surface area contributed by atoms with Crippen molar-refractivity contribution < 1.29 is 19.4 Å².